The Kier molecular flexibility index (Phi) is 1.33. The van der Waals surface area contributed by atoms with Gasteiger partial charge in [-0.05, 0) is 6.07 Å². The summed E-state index contributed by atoms with van der Waals surface area (Å²) >= 11 is 1.08. The van der Waals surface area contributed by atoms with Crippen molar-refractivity contribution in [3.05, 3.63) is 18.5 Å². The molecule has 0 aliphatic rings. The number of hydrogen-bond acceptors (Lipinski definition) is 3. The normalized spacial score (nSPS) is 9.29. The van der Waals surface area contributed by atoms with Crippen molar-refractivity contribution in [1.29, 1.82) is 0 Å². The maximum atomic E-state index is 5.11. The fourth-order valence-electron chi connectivity index (χ4n) is 0.317. The molecule has 4 heteroatoms. The second kappa shape index (κ2) is 1.99. The van der Waals surface area contributed by atoms with Crippen molar-refractivity contribution in [3.8, 4) is 0 Å². The molecule has 1 aromatic rings. The van der Waals surface area contributed by atoms with E-state index in [-0.39, 0.29) is 0 Å². The molecular weight excluding hydrogens is 110 g/mol. The Balaban J connectivity index is 2.76. The monoisotopic (exact) mass is 115 g/mol. The first-order valence-electron chi connectivity index (χ1n) is 1.80. The molecular formula is C3H5N3S. The number of nitrogens with zero attached hydrogens (tertiary/aromatic N) is 2. The van der Waals surface area contributed by atoms with Gasteiger partial charge in [0.2, 0.25) is 0 Å². The van der Waals surface area contributed by atoms with Crippen molar-refractivity contribution in [2.75, 3.05) is 0 Å². The Morgan fingerprint density at radius 1 is 1.71 bits per heavy atom. The molecule has 0 saturated carbocycles. The van der Waals surface area contributed by atoms with E-state index in [9.17, 15) is 0 Å². The first-order valence-corrected chi connectivity index (χ1v) is 2.64. The van der Waals surface area contributed by atoms with Crippen LogP contribution in [0.2, 0.25) is 0 Å². The van der Waals surface area contributed by atoms with Crippen molar-refractivity contribution in [2.45, 2.75) is 0 Å². The van der Waals surface area contributed by atoms with Crippen molar-refractivity contribution in [1.82, 2.24) is 9.19 Å². The van der Waals surface area contributed by atoms with Crippen molar-refractivity contribution < 1.29 is 0 Å². The van der Waals surface area contributed by atoms with Crippen LogP contribution in [0.4, 0.5) is 0 Å². The average Bonchev–Trinajstić information content (AvgIpc) is 2.14. The van der Waals surface area contributed by atoms with Crippen LogP contribution in [0.3, 0.4) is 0 Å². The van der Waals surface area contributed by atoms with Crippen LogP contribution in [-0.2, 0) is 0 Å². The molecule has 0 saturated heterocycles. The summed E-state index contributed by atoms with van der Waals surface area (Å²) in [5.74, 6) is 0. The summed E-state index contributed by atoms with van der Waals surface area (Å²) in [6.07, 6.45) is 3.46. The quantitative estimate of drug-likeness (QED) is 0.534. The maximum absolute atomic E-state index is 5.11. The van der Waals surface area contributed by atoms with Gasteiger partial charge in [0.1, 0.15) is 0 Å². The van der Waals surface area contributed by atoms with Crippen molar-refractivity contribution >= 4 is 12.1 Å². The summed E-state index contributed by atoms with van der Waals surface area (Å²) in [5, 5.41) is 8.90. The molecule has 0 spiro atoms. The first-order chi connectivity index (χ1) is 3.43. The smallest absolute Gasteiger partial charge is 0.0564 e. The zero-order valence-corrected chi connectivity index (χ0v) is 4.43. The standard InChI is InChI=1S/C3H5N3S/c4-7-6-3-1-2-5-6/h1-3H,4H2. The largest absolute Gasteiger partial charge is 0.258 e. The molecule has 0 bridgehead atoms. The SMILES string of the molecule is NSn1cccn1. The van der Waals surface area contributed by atoms with Gasteiger partial charge in [-0.25, -0.2) is 0 Å². The molecule has 0 aromatic carbocycles. The molecule has 1 heterocycles. The van der Waals surface area contributed by atoms with E-state index in [1.54, 1.807) is 16.5 Å². The molecule has 3 nitrogen and oxygen atoms in total. The Bertz CT molecular complexity index is 125. The van der Waals surface area contributed by atoms with Gasteiger partial charge in [0.05, 0.1) is 18.3 Å². The van der Waals surface area contributed by atoms with E-state index in [2.05, 4.69) is 5.10 Å². The van der Waals surface area contributed by atoms with E-state index < -0.39 is 0 Å². The second-order valence-electron chi connectivity index (χ2n) is 1.01. The Hall–Kier alpha value is -0.480. The molecule has 0 aliphatic heterocycles. The molecule has 1 aromatic heterocycles. The van der Waals surface area contributed by atoms with Crippen LogP contribution in [0.1, 0.15) is 0 Å². The molecule has 0 atom stereocenters. The van der Waals surface area contributed by atoms with Gasteiger partial charge in [-0.2, -0.15) is 9.19 Å². The maximum Gasteiger partial charge on any atom is 0.0564 e. The van der Waals surface area contributed by atoms with Crippen LogP contribution < -0.4 is 5.14 Å². The van der Waals surface area contributed by atoms with Crippen LogP contribution in [-0.4, -0.2) is 9.19 Å². The summed E-state index contributed by atoms with van der Waals surface area (Å²) < 4.78 is 1.57. The van der Waals surface area contributed by atoms with Crippen LogP contribution >= 0.6 is 12.1 Å². The van der Waals surface area contributed by atoms with Gasteiger partial charge in [-0.3, -0.25) is 5.14 Å². The van der Waals surface area contributed by atoms with Crippen LogP contribution in [0.25, 0.3) is 0 Å². The molecule has 0 fully saturated rings. The predicted molar refractivity (Wildman–Crippen MR) is 29.4 cm³/mol. The lowest BCUT2D eigenvalue weighted by Crippen LogP contribution is -1.90. The summed E-state index contributed by atoms with van der Waals surface area (Å²) in [5.41, 5.74) is 0. The summed E-state index contributed by atoms with van der Waals surface area (Å²) in [7, 11) is 0. The van der Waals surface area contributed by atoms with Crippen molar-refractivity contribution in [2.24, 2.45) is 5.14 Å². The number of hydrogen-bond donors (Lipinski definition) is 1. The molecule has 0 unspecified atom stereocenters. The highest BCUT2D eigenvalue weighted by Gasteiger charge is 1.78. The van der Waals surface area contributed by atoms with Gasteiger partial charge in [-0.15, -0.1) is 0 Å². The fraction of sp³-hybridized carbons (Fsp3) is 0. The zero-order valence-electron chi connectivity index (χ0n) is 3.61. The van der Waals surface area contributed by atoms with Crippen molar-refractivity contribution in [3.63, 3.8) is 0 Å². The van der Waals surface area contributed by atoms with E-state index in [4.69, 9.17) is 5.14 Å². The fourth-order valence-corrected chi connectivity index (χ4v) is 0.567. The van der Waals surface area contributed by atoms with Gasteiger partial charge in [0, 0.05) is 6.20 Å². The minimum atomic E-state index is 1.08. The van der Waals surface area contributed by atoms with E-state index in [0.717, 1.165) is 12.1 Å². The third-order valence-electron chi connectivity index (χ3n) is 0.588. The highest BCUT2D eigenvalue weighted by molar-refractivity contribution is 7.95. The van der Waals surface area contributed by atoms with Gasteiger partial charge in [-0.1, -0.05) is 0 Å². The van der Waals surface area contributed by atoms with E-state index in [1.807, 2.05) is 6.07 Å². The van der Waals surface area contributed by atoms with Gasteiger partial charge < -0.3 is 0 Å². The minimum absolute atomic E-state index is 1.08. The predicted octanol–water partition coefficient (Wildman–Crippen LogP) is 0.253. The third-order valence-corrected chi connectivity index (χ3v) is 1.02. The average molecular weight is 115 g/mol. The van der Waals surface area contributed by atoms with E-state index in [0.29, 0.717) is 0 Å². The Morgan fingerprint density at radius 3 is 2.86 bits per heavy atom. The third kappa shape index (κ3) is 0.942. The lowest BCUT2D eigenvalue weighted by molar-refractivity contribution is 1.01. The Morgan fingerprint density at radius 2 is 2.57 bits per heavy atom. The van der Waals surface area contributed by atoms with Gasteiger partial charge in [0.25, 0.3) is 0 Å². The van der Waals surface area contributed by atoms with Crippen LogP contribution in [0.15, 0.2) is 18.5 Å². The Labute approximate surface area is 45.8 Å². The topological polar surface area (TPSA) is 43.8 Å². The highest BCUT2D eigenvalue weighted by atomic mass is 32.2. The first kappa shape index (κ1) is 4.67. The molecule has 0 radical (unpaired) electrons. The number of rotatable bonds is 1. The molecule has 2 N–H and O–H groups in total. The molecule has 0 amide bonds. The highest BCUT2D eigenvalue weighted by Crippen LogP contribution is 1.89. The molecule has 38 valence electrons. The minimum Gasteiger partial charge on any atom is -0.258 e. The molecule has 7 heavy (non-hydrogen) atoms. The van der Waals surface area contributed by atoms with E-state index in [1.165, 1.54) is 0 Å². The van der Waals surface area contributed by atoms with E-state index >= 15 is 0 Å². The summed E-state index contributed by atoms with van der Waals surface area (Å²) in [6, 6.07) is 1.82. The number of nitrogens with two attached hydrogens (primary N) is 1. The zero-order chi connectivity index (χ0) is 5.11. The summed E-state index contributed by atoms with van der Waals surface area (Å²) in [6.45, 7) is 0. The van der Waals surface area contributed by atoms with Crippen LogP contribution in [0.5, 0.6) is 0 Å². The lowest BCUT2D eigenvalue weighted by atomic mass is 10.8. The lowest BCUT2D eigenvalue weighted by Gasteiger charge is -1.85. The molecule has 1 rings (SSSR count). The second-order valence-corrected chi connectivity index (χ2v) is 1.60. The molecule has 0 aliphatic carbocycles. The summed E-state index contributed by atoms with van der Waals surface area (Å²) in [4.78, 5) is 0. The van der Waals surface area contributed by atoms with Gasteiger partial charge in [0.15, 0.2) is 0 Å². The van der Waals surface area contributed by atoms with Gasteiger partial charge >= 0.3 is 0 Å². The number of aromatic nitrogens is 2. The van der Waals surface area contributed by atoms with Crippen LogP contribution in [0, 0.1) is 0 Å².